The van der Waals surface area contributed by atoms with Gasteiger partial charge in [-0.2, -0.15) is 0 Å². The second-order valence-electron chi connectivity index (χ2n) is 6.96. The molecule has 2 nitrogen and oxygen atoms in total. The third-order valence-corrected chi connectivity index (χ3v) is 4.06. The first-order chi connectivity index (χ1) is 9.15. The summed E-state index contributed by atoms with van der Waals surface area (Å²) in [5.74, 6) is 0.274. The Morgan fingerprint density at radius 1 is 1.15 bits per heavy atom. The summed E-state index contributed by atoms with van der Waals surface area (Å²) >= 11 is 0. The van der Waals surface area contributed by atoms with Crippen molar-refractivity contribution in [3.8, 4) is 0 Å². The van der Waals surface area contributed by atoms with E-state index in [1.54, 1.807) is 13.8 Å². The summed E-state index contributed by atoms with van der Waals surface area (Å²) in [6, 6.07) is 6.65. The Labute approximate surface area is 123 Å². The second kappa shape index (κ2) is 6.43. The van der Waals surface area contributed by atoms with Crippen molar-refractivity contribution in [1.82, 2.24) is 0 Å². The van der Waals surface area contributed by atoms with E-state index >= 15 is 0 Å². The van der Waals surface area contributed by atoms with Gasteiger partial charge in [0.05, 0.1) is 5.41 Å². The Bertz CT molecular complexity index is 470. The maximum atomic E-state index is 11.2. The van der Waals surface area contributed by atoms with Gasteiger partial charge in [-0.25, -0.2) is 0 Å². The summed E-state index contributed by atoms with van der Waals surface area (Å²) in [5.41, 5.74) is 3.34. The lowest BCUT2D eigenvalue weighted by Crippen LogP contribution is -2.24. The number of aryl methyl sites for hydroxylation is 1. The van der Waals surface area contributed by atoms with E-state index in [0.29, 0.717) is 18.3 Å². The minimum Gasteiger partial charge on any atom is -0.481 e. The van der Waals surface area contributed by atoms with Crippen LogP contribution in [0.1, 0.15) is 76.5 Å². The average molecular weight is 276 g/mol. The standard InChI is InChI=1S/C18H28O2/c1-12(2)15-8-7-14(16(11-15)13(3)4)9-10-18(5,6)17(19)20/h7-8,11-13H,9-10H2,1-6H3,(H,19,20). The smallest absolute Gasteiger partial charge is 0.309 e. The molecule has 1 aromatic carbocycles. The zero-order valence-corrected chi connectivity index (χ0v) is 13.7. The molecule has 0 atom stereocenters. The van der Waals surface area contributed by atoms with Crippen LogP contribution < -0.4 is 0 Å². The number of hydrogen-bond donors (Lipinski definition) is 1. The molecule has 1 rings (SSSR count). The number of rotatable bonds is 6. The first-order valence-electron chi connectivity index (χ1n) is 7.51. The minimum atomic E-state index is -0.720. The van der Waals surface area contributed by atoms with Crippen molar-refractivity contribution in [2.24, 2.45) is 5.41 Å². The van der Waals surface area contributed by atoms with Gasteiger partial charge in [0.2, 0.25) is 0 Å². The van der Waals surface area contributed by atoms with Gasteiger partial charge in [-0.05, 0) is 55.2 Å². The van der Waals surface area contributed by atoms with E-state index in [4.69, 9.17) is 0 Å². The molecule has 0 aliphatic rings. The van der Waals surface area contributed by atoms with Crippen LogP contribution in [-0.2, 0) is 11.2 Å². The highest BCUT2D eigenvalue weighted by molar-refractivity contribution is 5.73. The number of aliphatic carboxylic acids is 1. The molecule has 20 heavy (non-hydrogen) atoms. The van der Waals surface area contributed by atoms with Crippen LogP contribution in [0.2, 0.25) is 0 Å². The van der Waals surface area contributed by atoms with Crippen LogP contribution in [-0.4, -0.2) is 11.1 Å². The van der Waals surface area contributed by atoms with Gasteiger partial charge in [0.1, 0.15) is 0 Å². The zero-order valence-electron chi connectivity index (χ0n) is 13.7. The van der Waals surface area contributed by atoms with Crippen molar-refractivity contribution < 1.29 is 9.90 Å². The largest absolute Gasteiger partial charge is 0.481 e. The van der Waals surface area contributed by atoms with Crippen molar-refractivity contribution in [3.63, 3.8) is 0 Å². The maximum Gasteiger partial charge on any atom is 0.309 e. The topological polar surface area (TPSA) is 37.3 Å². The fourth-order valence-corrected chi connectivity index (χ4v) is 2.29. The molecule has 0 fully saturated rings. The fourth-order valence-electron chi connectivity index (χ4n) is 2.29. The first-order valence-corrected chi connectivity index (χ1v) is 7.51. The van der Waals surface area contributed by atoms with Gasteiger partial charge in [-0.1, -0.05) is 45.9 Å². The van der Waals surface area contributed by atoms with Crippen molar-refractivity contribution in [2.75, 3.05) is 0 Å². The van der Waals surface area contributed by atoms with Crippen LogP contribution in [0.4, 0.5) is 0 Å². The Morgan fingerprint density at radius 2 is 1.75 bits per heavy atom. The molecule has 0 aliphatic carbocycles. The number of hydrogen-bond acceptors (Lipinski definition) is 1. The number of carboxylic acid groups (broad SMARTS) is 1. The highest BCUT2D eigenvalue weighted by Gasteiger charge is 2.27. The van der Waals surface area contributed by atoms with E-state index in [-0.39, 0.29) is 0 Å². The van der Waals surface area contributed by atoms with Crippen LogP contribution in [0.3, 0.4) is 0 Å². The monoisotopic (exact) mass is 276 g/mol. The normalized spacial score (nSPS) is 12.2. The molecule has 0 amide bonds. The van der Waals surface area contributed by atoms with Crippen LogP contribution in [0.25, 0.3) is 0 Å². The van der Waals surface area contributed by atoms with Gasteiger partial charge in [0.15, 0.2) is 0 Å². The summed E-state index contributed by atoms with van der Waals surface area (Å²) in [7, 11) is 0. The molecule has 0 aromatic heterocycles. The SMILES string of the molecule is CC(C)c1ccc(CCC(C)(C)C(=O)O)c(C(C)C)c1. The summed E-state index contributed by atoms with van der Waals surface area (Å²) in [6.45, 7) is 12.4. The Balaban J connectivity index is 2.98. The third kappa shape index (κ3) is 4.09. The molecule has 2 heteroatoms. The number of carbonyl (C=O) groups is 1. The van der Waals surface area contributed by atoms with Crippen molar-refractivity contribution in [2.45, 2.75) is 66.2 Å². The van der Waals surface area contributed by atoms with Crippen molar-refractivity contribution >= 4 is 5.97 Å². The molecule has 0 spiro atoms. The van der Waals surface area contributed by atoms with Gasteiger partial charge >= 0.3 is 5.97 Å². The third-order valence-electron chi connectivity index (χ3n) is 4.06. The Kier molecular flexibility index (Phi) is 5.38. The van der Waals surface area contributed by atoms with Gasteiger partial charge < -0.3 is 5.11 Å². The highest BCUT2D eigenvalue weighted by Crippen LogP contribution is 2.29. The predicted molar refractivity (Wildman–Crippen MR) is 84.4 cm³/mol. The lowest BCUT2D eigenvalue weighted by molar-refractivity contribution is -0.147. The minimum absolute atomic E-state index is 0.469. The predicted octanol–water partition coefficient (Wildman–Crippen LogP) is 4.98. The average Bonchev–Trinajstić information content (AvgIpc) is 2.35. The molecule has 0 unspecified atom stereocenters. The molecule has 0 heterocycles. The molecular weight excluding hydrogens is 248 g/mol. The summed E-state index contributed by atoms with van der Waals surface area (Å²) in [5, 5.41) is 9.21. The Morgan fingerprint density at radius 3 is 2.20 bits per heavy atom. The summed E-state index contributed by atoms with van der Waals surface area (Å²) in [4.78, 5) is 11.2. The van der Waals surface area contributed by atoms with Crippen LogP contribution in [0.15, 0.2) is 18.2 Å². The van der Waals surface area contributed by atoms with E-state index in [1.165, 1.54) is 16.7 Å². The van der Waals surface area contributed by atoms with Gasteiger partial charge in [0.25, 0.3) is 0 Å². The number of carboxylic acids is 1. The van der Waals surface area contributed by atoms with E-state index in [0.717, 1.165) is 6.42 Å². The van der Waals surface area contributed by atoms with Gasteiger partial charge in [0, 0.05) is 0 Å². The fraction of sp³-hybridized carbons (Fsp3) is 0.611. The maximum absolute atomic E-state index is 11.2. The zero-order chi connectivity index (χ0) is 15.5. The first kappa shape index (κ1) is 16.7. The lowest BCUT2D eigenvalue weighted by Gasteiger charge is -2.21. The molecule has 1 aromatic rings. The number of benzene rings is 1. The Hall–Kier alpha value is -1.31. The lowest BCUT2D eigenvalue weighted by atomic mass is 9.83. The van der Waals surface area contributed by atoms with E-state index in [2.05, 4.69) is 45.9 Å². The van der Waals surface area contributed by atoms with Crippen LogP contribution >= 0.6 is 0 Å². The van der Waals surface area contributed by atoms with Crippen LogP contribution in [0.5, 0.6) is 0 Å². The summed E-state index contributed by atoms with van der Waals surface area (Å²) < 4.78 is 0. The molecule has 0 radical (unpaired) electrons. The highest BCUT2D eigenvalue weighted by atomic mass is 16.4. The molecule has 0 saturated carbocycles. The van der Waals surface area contributed by atoms with Crippen molar-refractivity contribution in [1.29, 1.82) is 0 Å². The van der Waals surface area contributed by atoms with E-state index in [9.17, 15) is 9.90 Å². The molecule has 0 bridgehead atoms. The molecule has 0 aliphatic heterocycles. The van der Waals surface area contributed by atoms with Gasteiger partial charge in [-0.3, -0.25) is 4.79 Å². The summed E-state index contributed by atoms with van der Waals surface area (Å²) in [6.07, 6.45) is 1.49. The quantitative estimate of drug-likeness (QED) is 0.796. The molecule has 1 N–H and O–H groups in total. The molecular formula is C18H28O2. The molecule has 0 saturated heterocycles. The van der Waals surface area contributed by atoms with Crippen LogP contribution in [0, 0.1) is 5.41 Å². The second-order valence-corrected chi connectivity index (χ2v) is 6.96. The van der Waals surface area contributed by atoms with Gasteiger partial charge in [-0.15, -0.1) is 0 Å². The molecule has 112 valence electrons. The van der Waals surface area contributed by atoms with E-state index in [1.807, 2.05) is 0 Å². The van der Waals surface area contributed by atoms with Crippen molar-refractivity contribution in [3.05, 3.63) is 34.9 Å². The van der Waals surface area contributed by atoms with E-state index < -0.39 is 11.4 Å².